The van der Waals surface area contributed by atoms with E-state index in [1.54, 1.807) is 23.1 Å². The van der Waals surface area contributed by atoms with Crippen molar-refractivity contribution in [2.75, 3.05) is 11.1 Å². The first kappa shape index (κ1) is 16.4. The number of rotatable bonds is 4. The summed E-state index contributed by atoms with van der Waals surface area (Å²) in [6.45, 7) is 2.12. The van der Waals surface area contributed by atoms with Gasteiger partial charge in [-0.15, -0.1) is 23.1 Å². The van der Waals surface area contributed by atoms with Gasteiger partial charge in [0, 0.05) is 20.9 Å². The molecule has 0 radical (unpaired) electrons. The molecule has 1 aromatic heterocycles. The lowest BCUT2D eigenvalue weighted by Crippen LogP contribution is -2.11. The smallest absolute Gasteiger partial charge is 0.257 e. The van der Waals surface area contributed by atoms with Crippen molar-refractivity contribution in [3.05, 3.63) is 64.5 Å². The first-order valence-corrected chi connectivity index (χ1v) is 10.2. The molecule has 1 amide bonds. The van der Waals surface area contributed by atoms with Crippen molar-refractivity contribution >= 4 is 34.1 Å². The SMILES string of the molecule is CCSc1ccc(C(=O)Nc2nc3c(s2)CCc2ccccc2-3)cc1. The summed E-state index contributed by atoms with van der Waals surface area (Å²) in [7, 11) is 0. The predicted octanol–water partition coefficient (Wildman–Crippen LogP) is 5.27. The van der Waals surface area contributed by atoms with Crippen LogP contribution in [0.3, 0.4) is 0 Å². The normalized spacial score (nSPS) is 12.4. The van der Waals surface area contributed by atoms with Gasteiger partial charge in [-0.3, -0.25) is 10.1 Å². The summed E-state index contributed by atoms with van der Waals surface area (Å²) in [6.07, 6.45) is 2.03. The molecule has 1 aliphatic carbocycles. The van der Waals surface area contributed by atoms with Gasteiger partial charge in [-0.2, -0.15) is 0 Å². The second-order valence-electron chi connectivity index (χ2n) is 5.86. The van der Waals surface area contributed by atoms with Gasteiger partial charge in [0.1, 0.15) is 0 Å². The zero-order chi connectivity index (χ0) is 17.2. The fourth-order valence-corrected chi connectivity index (χ4v) is 4.67. The zero-order valence-corrected chi connectivity index (χ0v) is 15.5. The lowest BCUT2D eigenvalue weighted by molar-refractivity contribution is 0.102. The maximum Gasteiger partial charge on any atom is 0.257 e. The Hall–Kier alpha value is -2.11. The number of nitrogens with one attached hydrogen (secondary N) is 1. The van der Waals surface area contributed by atoms with Crippen LogP contribution in [0, 0.1) is 0 Å². The topological polar surface area (TPSA) is 42.0 Å². The highest BCUT2D eigenvalue weighted by Crippen LogP contribution is 2.38. The monoisotopic (exact) mass is 366 g/mol. The Morgan fingerprint density at radius 3 is 2.76 bits per heavy atom. The standard InChI is InChI=1S/C20H18N2OS2/c1-2-24-15-10-7-14(8-11-15)19(23)22-20-21-18-16-6-4-3-5-13(16)9-12-17(18)25-20/h3-8,10-11H,2,9,12H2,1H3,(H,21,22,23). The number of amides is 1. The number of anilines is 1. The summed E-state index contributed by atoms with van der Waals surface area (Å²) in [6, 6.07) is 16.1. The van der Waals surface area contributed by atoms with Crippen molar-refractivity contribution in [3.63, 3.8) is 0 Å². The summed E-state index contributed by atoms with van der Waals surface area (Å²) >= 11 is 3.36. The fourth-order valence-electron chi connectivity index (χ4n) is 3.04. The van der Waals surface area contributed by atoms with Crippen LogP contribution < -0.4 is 5.32 Å². The van der Waals surface area contributed by atoms with Crippen LogP contribution in [0.15, 0.2) is 53.4 Å². The number of aromatic nitrogens is 1. The summed E-state index contributed by atoms with van der Waals surface area (Å²) in [5.74, 6) is 0.921. The predicted molar refractivity (Wildman–Crippen MR) is 106 cm³/mol. The Kier molecular flexibility index (Phi) is 4.59. The first-order chi connectivity index (χ1) is 12.2. The maximum atomic E-state index is 12.5. The van der Waals surface area contributed by atoms with Crippen molar-refractivity contribution < 1.29 is 4.79 Å². The number of nitrogens with zero attached hydrogens (tertiary/aromatic N) is 1. The maximum absolute atomic E-state index is 12.5. The first-order valence-electron chi connectivity index (χ1n) is 8.37. The minimum atomic E-state index is -0.104. The minimum Gasteiger partial charge on any atom is -0.298 e. The van der Waals surface area contributed by atoms with Gasteiger partial charge in [0.05, 0.1) is 5.69 Å². The number of aryl methyl sites for hydroxylation is 2. The quantitative estimate of drug-likeness (QED) is 0.639. The average molecular weight is 367 g/mol. The fraction of sp³-hybridized carbons (Fsp3) is 0.200. The van der Waals surface area contributed by atoms with Crippen LogP contribution in [0.4, 0.5) is 5.13 Å². The molecular weight excluding hydrogens is 348 g/mol. The molecule has 3 nitrogen and oxygen atoms in total. The van der Waals surface area contributed by atoms with Gasteiger partial charge in [-0.25, -0.2) is 4.98 Å². The zero-order valence-electron chi connectivity index (χ0n) is 13.9. The van der Waals surface area contributed by atoms with Gasteiger partial charge >= 0.3 is 0 Å². The Balaban J connectivity index is 1.54. The molecule has 1 heterocycles. The molecule has 0 unspecified atom stereocenters. The van der Waals surface area contributed by atoms with Crippen LogP contribution in [-0.2, 0) is 12.8 Å². The van der Waals surface area contributed by atoms with E-state index in [-0.39, 0.29) is 5.91 Å². The Bertz CT molecular complexity index is 916. The second-order valence-corrected chi connectivity index (χ2v) is 8.28. The summed E-state index contributed by atoms with van der Waals surface area (Å²) in [4.78, 5) is 19.6. The van der Waals surface area contributed by atoms with Gasteiger partial charge in [0.2, 0.25) is 0 Å². The van der Waals surface area contributed by atoms with Crippen molar-refractivity contribution in [1.29, 1.82) is 0 Å². The van der Waals surface area contributed by atoms with Crippen molar-refractivity contribution in [1.82, 2.24) is 4.98 Å². The average Bonchev–Trinajstić information content (AvgIpc) is 3.05. The largest absolute Gasteiger partial charge is 0.298 e. The van der Waals surface area contributed by atoms with Crippen LogP contribution >= 0.6 is 23.1 Å². The molecule has 4 rings (SSSR count). The third-order valence-corrected chi connectivity index (χ3v) is 6.16. The van der Waals surface area contributed by atoms with E-state index in [0.717, 1.165) is 24.3 Å². The van der Waals surface area contributed by atoms with E-state index in [1.807, 2.05) is 30.3 Å². The van der Waals surface area contributed by atoms with Crippen LogP contribution in [0.2, 0.25) is 0 Å². The van der Waals surface area contributed by atoms with E-state index >= 15 is 0 Å². The van der Waals surface area contributed by atoms with E-state index in [0.29, 0.717) is 10.7 Å². The molecule has 0 bridgehead atoms. The molecule has 0 atom stereocenters. The molecule has 5 heteroatoms. The van der Waals surface area contributed by atoms with Gasteiger partial charge in [-0.05, 0) is 48.4 Å². The minimum absolute atomic E-state index is 0.104. The van der Waals surface area contributed by atoms with E-state index in [4.69, 9.17) is 0 Å². The number of carbonyl (C=O) groups excluding carboxylic acids is 1. The number of carbonyl (C=O) groups is 1. The van der Waals surface area contributed by atoms with Gasteiger partial charge in [0.25, 0.3) is 5.91 Å². The Morgan fingerprint density at radius 2 is 1.96 bits per heavy atom. The molecule has 3 aromatic rings. The number of thioether (sulfide) groups is 1. The van der Waals surface area contributed by atoms with Crippen LogP contribution in [-0.4, -0.2) is 16.6 Å². The van der Waals surface area contributed by atoms with Crippen LogP contribution in [0.25, 0.3) is 11.3 Å². The molecule has 0 spiro atoms. The molecule has 1 aliphatic rings. The molecule has 1 N–H and O–H groups in total. The molecule has 0 fully saturated rings. The highest BCUT2D eigenvalue weighted by Gasteiger charge is 2.21. The lowest BCUT2D eigenvalue weighted by atomic mass is 9.94. The van der Waals surface area contributed by atoms with Gasteiger partial charge < -0.3 is 0 Å². The molecule has 126 valence electrons. The summed E-state index contributed by atoms with van der Waals surface area (Å²) in [5.41, 5.74) is 4.22. The van der Waals surface area contributed by atoms with E-state index in [2.05, 4.69) is 35.4 Å². The highest BCUT2D eigenvalue weighted by molar-refractivity contribution is 7.99. The lowest BCUT2D eigenvalue weighted by Gasteiger charge is -2.13. The van der Waals surface area contributed by atoms with Crippen LogP contribution in [0.1, 0.15) is 27.7 Å². The Labute approximate surface area is 155 Å². The molecule has 0 saturated carbocycles. The Morgan fingerprint density at radius 1 is 1.16 bits per heavy atom. The summed E-state index contributed by atoms with van der Waals surface area (Å²) in [5, 5.41) is 3.64. The van der Waals surface area contributed by atoms with E-state index in [9.17, 15) is 4.79 Å². The van der Waals surface area contributed by atoms with Crippen molar-refractivity contribution in [3.8, 4) is 11.3 Å². The second kappa shape index (κ2) is 7.02. The number of fused-ring (bicyclic) bond motifs is 3. The molecular formula is C20H18N2OS2. The van der Waals surface area contributed by atoms with E-state index < -0.39 is 0 Å². The van der Waals surface area contributed by atoms with E-state index in [1.165, 1.54) is 20.9 Å². The third kappa shape index (κ3) is 3.34. The van der Waals surface area contributed by atoms with Crippen LogP contribution in [0.5, 0.6) is 0 Å². The molecule has 2 aromatic carbocycles. The molecule has 25 heavy (non-hydrogen) atoms. The number of thiazole rings is 1. The number of hydrogen-bond donors (Lipinski definition) is 1. The molecule has 0 saturated heterocycles. The number of hydrogen-bond acceptors (Lipinski definition) is 4. The van der Waals surface area contributed by atoms with Crippen molar-refractivity contribution in [2.24, 2.45) is 0 Å². The summed E-state index contributed by atoms with van der Waals surface area (Å²) < 4.78 is 0. The highest BCUT2D eigenvalue weighted by atomic mass is 32.2. The van der Waals surface area contributed by atoms with Crippen molar-refractivity contribution in [2.45, 2.75) is 24.7 Å². The van der Waals surface area contributed by atoms with Gasteiger partial charge in [0.15, 0.2) is 5.13 Å². The van der Waals surface area contributed by atoms with Gasteiger partial charge in [-0.1, -0.05) is 31.2 Å². The third-order valence-electron chi connectivity index (χ3n) is 4.24. The molecule has 0 aliphatic heterocycles. The number of benzene rings is 2.